The molecule has 0 aliphatic carbocycles. The number of benzene rings is 1. The van der Waals surface area contributed by atoms with Crippen molar-refractivity contribution < 1.29 is 0 Å². The molecule has 0 radical (unpaired) electrons. The third-order valence-electron chi connectivity index (χ3n) is 3.30. The molecular formula is C13H17Cl3N2. The first kappa shape index (κ1) is 14.3. The Morgan fingerprint density at radius 2 is 1.94 bits per heavy atom. The second-order valence-corrected chi connectivity index (χ2v) is 5.80. The second-order valence-electron chi connectivity index (χ2n) is 4.58. The summed E-state index contributed by atoms with van der Waals surface area (Å²) in [4.78, 5) is 2.29. The lowest BCUT2D eigenvalue weighted by Crippen LogP contribution is -2.37. The molecule has 1 heterocycles. The van der Waals surface area contributed by atoms with Crippen LogP contribution in [0, 0.1) is 0 Å². The van der Waals surface area contributed by atoms with Gasteiger partial charge in [-0.15, -0.1) is 0 Å². The molecule has 1 aromatic rings. The summed E-state index contributed by atoms with van der Waals surface area (Å²) >= 11 is 18.3. The van der Waals surface area contributed by atoms with E-state index < -0.39 is 0 Å². The molecule has 5 heteroatoms. The molecule has 1 aliphatic rings. The fourth-order valence-electron chi connectivity index (χ4n) is 2.24. The molecule has 0 saturated carbocycles. The SMILES string of the molecule is CCC1CN(c2cc(Cl)c(Cl)cc2Cl)CCCN1. The summed E-state index contributed by atoms with van der Waals surface area (Å²) in [6, 6.07) is 4.09. The fourth-order valence-corrected chi connectivity index (χ4v) is 2.91. The highest BCUT2D eigenvalue weighted by Crippen LogP contribution is 2.35. The average Bonchev–Trinajstić information content (AvgIpc) is 2.59. The van der Waals surface area contributed by atoms with E-state index in [1.54, 1.807) is 6.07 Å². The minimum absolute atomic E-state index is 0.498. The van der Waals surface area contributed by atoms with E-state index in [0.717, 1.165) is 38.2 Å². The van der Waals surface area contributed by atoms with Gasteiger partial charge in [0.15, 0.2) is 0 Å². The Kier molecular flexibility index (Phi) is 5.02. The fraction of sp³-hybridized carbons (Fsp3) is 0.538. The number of hydrogen-bond acceptors (Lipinski definition) is 2. The zero-order valence-electron chi connectivity index (χ0n) is 10.3. The lowest BCUT2D eigenvalue weighted by Gasteiger charge is -2.27. The van der Waals surface area contributed by atoms with Crippen LogP contribution in [0.3, 0.4) is 0 Å². The van der Waals surface area contributed by atoms with Crippen molar-refractivity contribution in [1.82, 2.24) is 5.32 Å². The highest BCUT2D eigenvalue weighted by atomic mass is 35.5. The van der Waals surface area contributed by atoms with Crippen molar-refractivity contribution in [2.75, 3.05) is 24.5 Å². The Bertz CT molecular complexity index is 423. The zero-order valence-corrected chi connectivity index (χ0v) is 12.6. The average molecular weight is 308 g/mol. The molecule has 0 spiro atoms. The van der Waals surface area contributed by atoms with Crippen LogP contribution in [-0.2, 0) is 0 Å². The highest BCUT2D eigenvalue weighted by Gasteiger charge is 2.19. The maximum atomic E-state index is 6.27. The van der Waals surface area contributed by atoms with Crippen LogP contribution in [0.1, 0.15) is 19.8 Å². The largest absolute Gasteiger partial charge is 0.369 e. The van der Waals surface area contributed by atoms with Crippen molar-refractivity contribution in [3.8, 4) is 0 Å². The standard InChI is InChI=1S/C13H17Cl3N2/c1-2-9-8-18(5-3-4-17-9)13-7-11(15)10(14)6-12(13)16/h6-7,9,17H,2-5,8H2,1H3. The number of hydrogen-bond donors (Lipinski definition) is 1. The van der Waals surface area contributed by atoms with Gasteiger partial charge < -0.3 is 10.2 Å². The molecular weight excluding hydrogens is 291 g/mol. The number of anilines is 1. The minimum atomic E-state index is 0.498. The van der Waals surface area contributed by atoms with Gasteiger partial charge in [0.25, 0.3) is 0 Å². The summed E-state index contributed by atoms with van der Waals surface area (Å²) in [7, 11) is 0. The van der Waals surface area contributed by atoms with Gasteiger partial charge in [-0.2, -0.15) is 0 Å². The number of halogens is 3. The van der Waals surface area contributed by atoms with Gasteiger partial charge >= 0.3 is 0 Å². The molecule has 1 unspecified atom stereocenters. The Labute approximate surface area is 123 Å². The smallest absolute Gasteiger partial charge is 0.0655 e. The Balaban J connectivity index is 2.26. The van der Waals surface area contributed by atoms with Crippen LogP contribution in [0.25, 0.3) is 0 Å². The molecule has 1 atom stereocenters. The van der Waals surface area contributed by atoms with E-state index in [9.17, 15) is 0 Å². The van der Waals surface area contributed by atoms with Crippen LogP contribution in [0.2, 0.25) is 15.1 Å². The Hall–Kier alpha value is -0.150. The van der Waals surface area contributed by atoms with Gasteiger partial charge in [-0.1, -0.05) is 41.7 Å². The van der Waals surface area contributed by atoms with Crippen molar-refractivity contribution in [3.63, 3.8) is 0 Å². The molecule has 1 fully saturated rings. The summed E-state index contributed by atoms with van der Waals surface area (Å²) in [5.74, 6) is 0. The third kappa shape index (κ3) is 3.24. The van der Waals surface area contributed by atoms with Gasteiger partial charge in [0.05, 0.1) is 20.8 Å². The number of nitrogens with one attached hydrogen (secondary N) is 1. The lowest BCUT2D eigenvalue weighted by molar-refractivity contribution is 0.528. The summed E-state index contributed by atoms with van der Waals surface area (Å²) in [5, 5.41) is 5.26. The highest BCUT2D eigenvalue weighted by molar-refractivity contribution is 6.44. The zero-order chi connectivity index (χ0) is 13.1. The summed E-state index contributed by atoms with van der Waals surface area (Å²) in [6.07, 6.45) is 2.21. The molecule has 2 rings (SSSR count). The van der Waals surface area contributed by atoms with Crippen molar-refractivity contribution in [2.45, 2.75) is 25.8 Å². The van der Waals surface area contributed by atoms with E-state index in [4.69, 9.17) is 34.8 Å². The lowest BCUT2D eigenvalue weighted by atomic mass is 10.2. The predicted molar refractivity (Wildman–Crippen MR) is 80.4 cm³/mol. The normalized spacial score (nSPS) is 20.9. The summed E-state index contributed by atoms with van der Waals surface area (Å²) in [5.41, 5.74) is 0.980. The van der Waals surface area contributed by atoms with Gasteiger partial charge in [0, 0.05) is 19.1 Å². The molecule has 0 aromatic heterocycles. The van der Waals surface area contributed by atoms with Gasteiger partial charge in [0.1, 0.15) is 0 Å². The molecule has 100 valence electrons. The Morgan fingerprint density at radius 1 is 1.22 bits per heavy atom. The molecule has 1 saturated heterocycles. The topological polar surface area (TPSA) is 15.3 Å². The van der Waals surface area contributed by atoms with Gasteiger partial charge in [-0.25, -0.2) is 0 Å². The van der Waals surface area contributed by atoms with E-state index in [2.05, 4.69) is 17.1 Å². The molecule has 0 bridgehead atoms. The van der Waals surface area contributed by atoms with E-state index in [-0.39, 0.29) is 0 Å². The predicted octanol–water partition coefficient (Wildman–Crippen LogP) is 4.23. The van der Waals surface area contributed by atoms with Crippen molar-refractivity contribution in [3.05, 3.63) is 27.2 Å². The molecule has 1 aliphatic heterocycles. The second kappa shape index (κ2) is 6.33. The van der Waals surface area contributed by atoms with E-state index >= 15 is 0 Å². The number of rotatable bonds is 2. The van der Waals surface area contributed by atoms with E-state index in [1.807, 2.05) is 6.07 Å². The minimum Gasteiger partial charge on any atom is -0.369 e. The van der Waals surface area contributed by atoms with Crippen LogP contribution >= 0.6 is 34.8 Å². The molecule has 1 aromatic carbocycles. The first-order valence-electron chi connectivity index (χ1n) is 6.24. The van der Waals surface area contributed by atoms with Crippen LogP contribution in [0.4, 0.5) is 5.69 Å². The molecule has 1 N–H and O–H groups in total. The number of nitrogens with zero attached hydrogens (tertiary/aromatic N) is 1. The van der Waals surface area contributed by atoms with Crippen molar-refractivity contribution >= 4 is 40.5 Å². The molecule has 0 amide bonds. The molecule has 2 nitrogen and oxygen atoms in total. The van der Waals surface area contributed by atoms with Gasteiger partial charge in [0.2, 0.25) is 0 Å². The quantitative estimate of drug-likeness (QED) is 0.823. The van der Waals surface area contributed by atoms with E-state index in [0.29, 0.717) is 21.1 Å². The van der Waals surface area contributed by atoms with E-state index in [1.165, 1.54) is 0 Å². The maximum Gasteiger partial charge on any atom is 0.0655 e. The maximum absolute atomic E-state index is 6.27. The summed E-state index contributed by atoms with van der Waals surface area (Å²) < 4.78 is 0. The van der Waals surface area contributed by atoms with Crippen molar-refractivity contribution in [2.24, 2.45) is 0 Å². The Morgan fingerprint density at radius 3 is 2.67 bits per heavy atom. The van der Waals surface area contributed by atoms with Gasteiger partial charge in [-0.05, 0) is 31.5 Å². The van der Waals surface area contributed by atoms with Gasteiger partial charge in [-0.3, -0.25) is 0 Å². The monoisotopic (exact) mass is 306 g/mol. The third-order valence-corrected chi connectivity index (χ3v) is 4.33. The molecule has 18 heavy (non-hydrogen) atoms. The summed E-state index contributed by atoms with van der Waals surface area (Å²) in [6.45, 7) is 5.18. The van der Waals surface area contributed by atoms with Crippen LogP contribution in [0.5, 0.6) is 0 Å². The van der Waals surface area contributed by atoms with Crippen LogP contribution in [-0.4, -0.2) is 25.7 Å². The first-order chi connectivity index (χ1) is 8.61. The van der Waals surface area contributed by atoms with Crippen LogP contribution < -0.4 is 10.2 Å². The van der Waals surface area contributed by atoms with Crippen molar-refractivity contribution in [1.29, 1.82) is 0 Å². The van der Waals surface area contributed by atoms with Crippen LogP contribution in [0.15, 0.2) is 12.1 Å². The first-order valence-corrected chi connectivity index (χ1v) is 7.38.